The maximum Gasteiger partial charge on any atom is 0.226 e. The minimum Gasteiger partial charge on any atom is -0.442 e. The molecular weight excluding hydrogens is 374 g/mol. The second kappa shape index (κ2) is 7.53. The third-order valence-electron chi connectivity index (χ3n) is 6.60. The van der Waals surface area contributed by atoms with Gasteiger partial charge in [-0.25, -0.2) is 4.98 Å². The molecule has 0 amide bonds. The van der Waals surface area contributed by atoms with Gasteiger partial charge in [-0.1, -0.05) is 20.8 Å². The van der Waals surface area contributed by atoms with Gasteiger partial charge in [-0.15, -0.1) is 0 Å². The highest BCUT2D eigenvalue weighted by atomic mass is 16.3. The smallest absolute Gasteiger partial charge is 0.226 e. The van der Waals surface area contributed by atoms with E-state index >= 15 is 0 Å². The van der Waals surface area contributed by atoms with Crippen molar-refractivity contribution in [1.82, 2.24) is 9.97 Å². The number of carbonyl (C=O) groups is 1. The van der Waals surface area contributed by atoms with E-state index in [9.17, 15) is 4.79 Å². The van der Waals surface area contributed by atoms with Crippen LogP contribution in [0.15, 0.2) is 41.1 Å². The van der Waals surface area contributed by atoms with Gasteiger partial charge in [-0.3, -0.25) is 9.78 Å². The highest BCUT2D eigenvalue weighted by molar-refractivity contribution is 5.98. The number of hydrogen-bond donors (Lipinski definition) is 0. The van der Waals surface area contributed by atoms with Crippen LogP contribution in [0, 0.1) is 17.8 Å². The maximum absolute atomic E-state index is 13.1. The molecule has 4 heterocycles. The fourth-order valence-corrected chi connectivity index (χ4v) is 4.98. The summed E-state index contributed by atoms with van der Waals surface area (Å²) in [6.07, 6.45) is 6.37. The number of Topliss-reactive ketones (excluding diaryl/α,β-unsaturated/α-hetero) is 1. The number of ketones is 1. The number of aromatic nitrogens is 2. The molecule has 1 aliphatic heterocycles. The van der Waals surface area contributed by atoms with Crippen molar-refractivity contribution in [2.75, 3.05) is 18.0 Å². The van der Waals surface area contributed by atoms with Crippen molar-refractivity contribution in [2.24, 2.45) is 17.8 Å². The van der Waals surface area contributed by atoms with Crippen molar-refractivity contribution in [1.29, 1.82) is 0 Å². The molecule has 5 nitrogen and oxygen atoms in total. The SMILES string of the molecule is CC1CC1c1cc2ccc(C(=O)Cc3cnccc3N3C[C@H](C)C[C@H](C)C3)nc2o1. The number of hydrogen-bond acceptors (Lipinski definition) is 5. The Hall–Kier alpha value is -2.69. The molecule has 0 aromatic carbocycles. The Kier molecular flexibility index (Phi) is 4.84. The predicted octanol–water partition coefficient (Wildman–Crippen LogP) is 5.25. The molecular formula is C25H29N3O2. The molecule has 5 heteroatoms. The van der Waals surface area contributed by atoms with Gasteiger partial charge in [0.05, 0.1) is 0 Å². The summed E-state index contributed by atoms with van der Waals surface area (Å²) in [5.74, 6) is 3.48. The first kappa shape index (κ1) is 19.3. The highest BCUT2D eigenvalue weighted by Gasteiger charge is 2.37. The summed E-state index contributed by atoms with van der Waals surface area (Å²) in [6.45, 7) is 8.88. The third-order valence-corrected chi connectivity index (χ3v) is 6.60. The fourth-order valence-electron chi connectivity index (χ4n) is 4.98. The van der Waals surface area contributed by atoms with Crippen LogP contribution < -0.4 is 4.90 Å². The van der Waals surface area contributed by atoms with Crippen molar-refractivity contribution in [2.45, 2.75) is 46.0 Å². The first-order valence-electron chi connectivity index (χ1n) is 11.1. The fraction of sp³-hybridized carbons (Fsp3) is 0.480. The van der Waals surface area contributed by atoms with E-state index in [1.807, 2.05) is 30.6 Å². The number of pyridine rings is 2. The Morgan fingerprint density at radius 1 is 1.13 bits per heavy atom. The number of furan rings is 1. The maximum atomic E-state index is 13.1. The molecule has 4 atom stereocenters. The van der Waals surface area contributed by atoms with Gasteiger partial charge < -0.3 is 9.32 Å². The number of rotatable bonds is 5. The van der Waals surface area contributed by atoms with Gasteiger partial charge in [0.25, 0.3) is 0 Å². The number of carbonyl (C=O) groups excluding carboxylic acids is 1. The molecule has 0 N–H and O–H groups in total. The Morgan fingerprint density at radius 3 is 2.63 bits per heavy atom. The summed E-state index contributed by atoms with van der Waals surface area (Å²) >= 11 is 0. The van der Waals surface area contributed by atoms with E-state index in [4.69, 9.17) is 4.42 Å². The molecule has 30 heavy (non-hydrogen) atoms. The molecule has 2 unspecified atom stereocenters. The van der Waals surface area contributed by atoms with Gasteiger partial charge in [0.15, 0.2) is 5.78 Å². The van der Waals surface area contributed by atoms with Crippen LogP contribution in [0.1, 0.15) is 61.3 Å². The summed E-state index contributed by atoms with van der Waals surface area (Å²) in [4.78, 5) is 24.3. The van der Waals surface area contributed by atoms with Crippen molar-refractivity contribution in [3.05, 3.63) is 53.7 Å². The van der Waals surface area contributed by atoms with Crippen LogP contribution in [0.5, 0.6) is 0 Å². The highest BCUT2D eigenvalue weighted by Crippen LogP contribution is 2.48. The van der Waals surface area contributed by atoms with E-state index in [1.165, 1.54) is 12.8 Å². The van der Waals surface area contributed by atoms with E-state index < -0.39 is 0 Å². The average Bonchev–Trinajstić information content (AvgIpc) is 3.29. The third kappa shape index (κ3) is 3.73. The van der Waals surface area contributed by atoms with E-state index in [1.54, 1.807) is 0 Å². The summed E-state index contributed by atoms with van der Waals surface area (Å²) in [6, 6.07) is 7.89. The van der Waals surface area contributed by atoms with Crippen molar-refractivity contribution >= 4 is 22.6 Å². The normalized spacial score (nSPS) is 26.2. The molecule has 156 valence electrons. The minimum atomic E-state index is 0.00185. The molecule has 1 saturated heterocycles. The van der Waals surface area contributed by atoms with Gasteiger partial charge in [-0.05, 0) is 54.9 Å². The van der Waals surface area contributed by atoms with Gasteiger partial charge in [0.2, 0.25) is 5.71 Å². The Bertz CT molecular complexity index is 1080. The van der Waals surface area contributed by atoms with Crippen LogP contribution in [0.25, 0.3) is 11.1 Å². The zero-order valence-electron chi connectivity index (χ0n) is 18.0. The Labute approximate surface area is 177 Å². The standard InChI is InChI=1S/C25H29N3O2/c1-15-8-16(2)14-28(13-15)22-6-7-26-12-19(22)10-23(29)21-5-4-18-11-24(20-9-17(20)3)30-25(18)27-21/h4-7,11-12,15-17,20H,8-10,13-14H2,1-3H3/t15-,16+,17?,20?. The number of nitrogens with zero attached hydrogens (tertiary/aromatic N) is 3. The number of piperidine rings is 1. The van der Waals surface area contributed by atoms with Crippen LogP contribution in [0.3, 0.4) is 0 Å². The van der Waals surface area contributed by atoms with Gasteiger partial charge >= 0.3 is 0 Å². The van der Waals surface area contributed by atoms with E-state index in [0.717, 1.165) is 35.5 Å². The zero-order valence-corrected chi connectivity index (χ0v) is 18.0. The monoisotopic (exact) mass is 403 g/mol. The molecule has 0 bridgehead atoms. The second-order valence-corrected chi connectivity index (χ2v) is 9.51. The van der Waals surface area contributed by atoms with E-state index in [2.05, 4.69) is 41.7 Å². The minimum absolute atomic E-state index is 0.00185. The average molecular weight is 404 g/mol. The second-order valence-electron chi connectivity index (χ2n) is 9.51. The molecule has 0 spiro atoms. The summed E-state index contributed by atoms with van der Waals surface area (Å²) in [5, 5.41) is 0.971. The topological polar surface area (TPSA) is 59.2 Å². The lowest BCUT2D eigenvalue weighted by molar-refractivity contribution is 0.0988. The first-order valence-corrected chi connectivity index (χ1v) is 11.1. The summed E-state index contributed by atoms with van der Waals surface area (Å²) < 4.78 is 5.96. The number of anilines is 1. The van der Waals surface area contributed by atoms with Crippen molar-refractivity contribution in [3.8, 4) is 0 Å². The molecule has 3 aromatic heterocycles. The molecule has 1 aliphatic carbocycles. The van der Waals surface area contributed by atoms with Gasteiger partial charge in [0.1, 0.15) is 11.5 Å². The van der Waals surface area contributed by atoms with Crippen molar-refractivity contribution < 1.29 is 9.21 Å². The van der Waals surface area contributed by atoms with Gasteiger partial charge in [-0.2, -0.15) is 0 Å². The molecule has 0 radical (unpaired) electrons. The van der Waals surface area contributed by atoms with Crippen LogP contribution in [0.4, 0.5) is 5.69 Å². The van der Waals surface area contributed by atoms with Crippen LogP contribution in [0.2, 0.25) is 0 Å². The van der Waals surface area contributed by atoms with Gasteiger partial charge in [0, 0.05) is 54.5 Å². The lowest BCUT2D eigenvalue weighted by Crippen LogP contribution is -2.39. The molecule has 3 aromatic rings. The van der Waals surface area contributed by atoms with Crippen LogP contribution >= 0.6 is 0 Å². The summed E-state index contributed by atoms with van der Waals surface area (Å²) in [5.41, 5.74) is 3.13. The first-order chi connectivity index (χ1) is 14.5. The predicted molar refractivity (Wildman–Crippen MR) is 118 cm³/mol. The molecule has 2 aliphatic rings. The lowest BCUT2D eigenvalue weighted by Gasteiger charge is -2.37. The largest absolute Gasteiger partial charge is 0.442 e. The van der Waals surface area contributed by atoms with Crippen LogP contribution in [-0.4, -0.2) is 28.8 Å². The zero-order chi connectivity index (χ0) is 20.8. The quantitative estimate of drug-likeness (QED) is 0.544. The lowest BCUT2D eigenvalue weighted by atomic mass is 9.91. The Morgan fingerprint density at radius 2 is 1.90 bits per heavy atom. The molecule has 5 rings (SSSR count). The van der Waals surface area contributed by atoms with E-state index in [-0.39, 0.29) is 5.78 Å². The number of fused-ring (bicyclic) bond motifs is 1. The van der Waals surface area contributed by atoms with Crippen molar-refractivity contribution in [3.63, 3.8) is 0 Å². The Balaban J connectivity index is 1.38. The van der Waals surface area contributed by atoms with E-state index in [0.29, 0.717) is 41.5 Å². The van der Waals surface area contributed by atoms with Crippen LogP contribution in [-0.2, 0) is 6.42 Å². The molecule has 1 saturated carbocycles. The summed E-state index contributed by atoms with van der Waals surface area (Å²) in [7, 11) is 0. The molecule has 2 fully saturated rings.